The van der Waals surface area contributed by atoms with Crippen LogP contribution in [0.3, 0.4) is 0 Å². The highest BCUT2D eigenvalue weighted by Crippen LogP contribution is 2.25. The van der Waals surface area contributed by atoms with E-state index >= 15 is 0 Å². The van der Waals surface area contributed by atoms with Crippen molar-refractivity contribution in [1.82, 2.24) is 10.6 Å². The van der Waals surface area contributed by atoms with Gasteiger partial charge in [0.15, 0.2) is 6.10 Å². The summed E-state index contributed by atoms with van der Waals surface area (Å²) in [5.41, 5.74) is 0.932. The normalized spacial score (nSPS) is 11.8. The van der Waals surface area contributed by atoms with Gasteiger partial charge in [-0.05, 0) is 25.1 Å². The molecule has 0 aliphatic heterocycles. The van der Waals surface area contributed by atoms with E-state index in [4.69, 9.17) is 14.2 Å². The van der Waals surface area contributed by atoms with Crippen molar-refractivity contribution < 1.29 is 19.0 Å². The van der Waals surface area contributed by atoms with Gasteiger partial charge in [0.05, 0.1) is 13.7 Å². The van der Waals surface area contributed by atoms with Gasteiger partial charge < -0.3 is 24.8 Å². The molecule has 1 atom stereocenters. The van der Waals surface area contributed by atoms with Gasteiger partial charge in [-0.2, -0.15) is 0 Å². The summed E-state index contributed by atoms with van der Waals surface area (Å²) < 4.78 is 15.9. The number of amides is 1. The molecule has 0 radical (unpaired) electrons. The van der Waals surface area contributed by atoms with Gasteiger partial charge in [0.2, 0.25) is 0 Å². The molecule has 0 aliphatic rings. The third-order valence-electron chi connectivity index (χ3n) is 2.99. The van der Waals surface area contributed by atoms with Gasteiger partial charge in [0.25, 0.3) is 5.91 Å². The summed E-state index contributed by atoms with van der Waals surface area (Å²) in [5, 5.41) is 5.82. The first-order valence-corrected chi connectivity index (χ1v) is 6.87. The molecule has 2 N–H and O–H groups in total. The number of ether oxygens (including phenoxy) is 3. The molecule has 1 rings (SSSR count). The van der Waals surface area contributed by atoms with Gasteiger partial charge in [-0.3, -0.25) is 4.79 Å². The van der Waals surface area contributed by atoms with Crippen LogP contribution < -0.4 is 20.1 Å². The highest BCUT2D eigenvalue weighted by molar-refractivity contribution is 5.80. The van der Waals surface area contributed by atoms with Crippen molar-refractivity contribution in [2.45, 2.75) is 19.6 Å². The number of benzene rings is 1. The molecule has 6 nitrogen and oxygen atoms in total. The molecule has 0 aliphatic carbocycles. The van der Waals surface area contributed by atoms with Crippen LogP contribution in [-0.2, 0) is 16.1 Å². The lowest BCUT2D eigenvalue weighted by atomic mass is 10.2. The van der Waals surface area contributed by atoms with E-state index in [0.29, 0.717) is 18.9 Å². The monoisotopic (exact) mass is 296 g/mol. The average molecular weight is 296 g/mol. The van der Waals surface area contributed by atoms with Crippen molar-refractivity contribution in [3.8, 4) is 11.5 Å². The third kappa shape index (κ3) is 5.61. The van der Waals surface area contributed by atoms with Crippen LogP contribution in [0.25, 0.3) is 0 Å². The Labute approximate surface area is 125 Å². The first kappa shape index (κ1) is 17.3. The lowest BCUT2D eigenvalue weighted by molar-refractivity contribution is -0.126. The van der Waals surface area contributed by atoms with E-state index in [0.717, 1.165) is 17.9 Å². The predicted octanol–water partition coefficient (Wildman–Crippen LogP) is 0.944. The van der Waals surface area contributed by atoms with Gasteiger partial charge in [0, 0.05) is 32.8 Å². The highest BCUT2D eigenvalue weighted by Gasteiger charge is 2.15. The number of rotatable bonds is 9. The molecule has 0 heterocycles. The molecule has 0 spiro atoms. The van der Waals surface area contributed by atoms with E-state index in [1.807, 2.05) is 18.2 Å². The number of hydrogen-bond donors (Lipinski definition) is 2. The van der Waals surface area contributed by atoms with Crippen LogP contribution in [0.4, 0.5) is 0 Å². The minimum Gasteiger partial charge on any atom is -0.497 e. The second kappa shape index (κ2) is 9.20. The van der Waals surface area contributed by atoms with Crippen molar-refractivity contribution in [2.75, 3.05) is 34.4 Å². The Hall–Kier alpha value is -1.79. The maximum Gasteiger partial charge on any atom is 0.260 e. The van der Waals surface area contributed by atoms with Gasteiger partial charge in [-0.15, -0.1) is 0 Å². The van der Waals surface area contributed by atoms with Gasteiger partial charge in [-0.25, -0.2) is 0 Å². The third-order valence-corrected chi connectivity index (χ3v) is 2.99. The SMILES string of the molecule is CNC(=O)C(C)Oc1ccc(OC)cc1CNCCOC. The summed E-state index contributed by atoms with van der Waals surface area (Å²) in [5.74, 6) is 1.25. The van der Waals surface area contributed by atoms with Crippen molar-refractivity contribution >= 4 is 5.91 Å². The van der Waals surface area contributed by atoms with Crippen molar-refractivity contribution in [3.05, 3.63) is 23.8 Å². The molecular formula is C15H24N2O4. The number of nitrogens with one attached hydrogen (secondary N) is 2. The lowest BCUT2D eigenvalue weighted by Gasteiger charge is -2.17. The number of likely N-dealkylation sites (N-methyl/N-ethyl adjacent to an activating group) is 1. The number of carbonyl (C=O) groups is 1. The Balaban J connectivity index is 2.78. The van der Waals surface area contributed by atoms with Crippen LogP contribution in [0.5, 0.6) is 11.5 Å². The molecule has 21 heavy (non-hydrogen) atoms. The van der Waals surface area contributed by atoms with Gasteiger partial charge in [0.1, 0.15) is 11.5 Å². The standard InChI is InChI=1S/C15H24N2O4/c1-11(15(18)16-2)21-14-6-5-13(20-4)9-12(14)10-17-7-8-19-3/h5-6,9,11,17H,7-8,10H2,1-4H3,(H,16,18). The minimum absolute atomic E-state index is 0.163. The molecular weight excluding hydrogens is 272 g/mol. The highest BCUT2D eigenvalue weighted by atomic mass is 16.5. The maximum atomic E-state index is 11.6. The van der Waals surface area contributed by atoms with Crippen LogP contribution in [0.2, 0.25) is 0 Å². The molecule has 1 amide bonds. The zero-order valence-corrected chi connectivity index (χ0v) is 13.1. The van der Waals surface area contributed by atoms with Crippen LogP contribution in [0, 0.1) is 0 Å². The van der Waals surface area contributed by atoms with Crippen molar-refractivity contribution in [2.24, 2.45) is 0 Å². The largest absolute Gasteiger partial charge is 0.497 e. The van der Waals surface area contributed by atoms with Crippen LogP contribution in [-0.4, -0.2) is 46.4 Å². The number of hydrogen-bond acceptors (Lipinski definition) is 5. The van der Waals surface area contributed by atoms with E-state index in [-0.39, 0.29) is 5.91 Å². The zero-order valence-electron chi connectivity index (χ0n) is 13.1. The van der Waals surface area contributed by atoms with Crippen molar-refractivity contribution in [3.63, 3.8) is 0 Å². The molecule has 1 aromatic rings. The van der Waals surface area contributed by atoms with Crippen LogP contribution in [0.15, 0.2) is 18.2 Å². The molecule has 0 saturated carbocycles. The fourth-order valence-corrected chi connectivity index (χ4v) is 1.78. The Bertz CT molecular complexity index is 451. The van der Waals surface area contributed by atoms with E-state index < -0.39 is 6.10 Å². The summed E-state index contributed by atoms with van der Waals surface area (Å²) in [6, 6.07) is 5.52. The van der Waals surface area contributed by atoms with E-state index in [9.17, 15) is 4.79 Å². The molecule has 0 fully saturated rings. The number of carbonyl (C=O) groups excluding carboxylic acids is 1. The second-order valence-corrected chi connectivity index (χ2v) is 4.52. The molecule has 1 unspecified atom stereocenters. The van der Waals surface area contributed by atoms with Gasteiger partial charge >= 0.3 is 0 Å². The molecule has 0 aromatic heterocycles. The molecule has 6 heteroatoms. The summed E-state index contributed by atoms with van der Waals surface area (Å²) in [6.07, 6.45) is -0.555. The number of methoxy groups -OCH3 is 2. The Morgan fingerprint density at radius 2 is 2.10 bits per heavy atom. The topological polar surface area (TPSA) is 68.8 Å². The average Bonchev–Trinajstić information content (AvgIpc) is 2.51. The predicted molar refractivity (Wildman–Crippen MR) is 80.7 cm³/mol. The summed E-state index contributed by atoms with van der Waals surface area (Å²) in [6.45, 7) is 3.69. The quantitative estimate of drug-likeness (QED) is 0.664. The Kier molecular flexibility index (Phi) is 7.56. The lowest BCUT2D eigenvalue weighted by Crippen LogP contribution is -2.34. The molecule has 1 aromatic carbocycles. The van der Waals surface area contributed by atoms with E-state index in [1.165, 1.54) is 0 Å². The summed E-state index contributed by atoms with van der Waals surface area (Å²) in [7, 11) is 4.86. The molecule has 0 saturated heterocycles. The Morgan fingerprint density at radius 3 is 2.71 bits per heavy atom. The fraction of sp³-hybridized carbons (Fsp3) is 0.533. The molecule has 118 valence electrons. The summed E-state index contributed by atoms with van der Waals surface area (Å²) >= 11 is 0. The van der Waals surface area contributed by atoms with E-state index in [1.54, 1.807) is 28.2 Å². The minimum atomic E-state index is -0.555. The van der Waals surface area contributed by atoms with E-state index in [2.05, 4.69) is 10.6 Å². The van der Waals surface area contributed by atoms with Crippen molar-refractivity contribution in [1.29, 1.82) is 0 Å². The maximum absolute atomic E-state index is 11.6. The first-order chi connectivity index (χ1) is 10.1. The zero-order chi connectivity index (χ0) is 15.7. The Morgan fingerprint density at radius 1 is 1.33 bits per heavy atom. The van der Waals surface area contributed by atoms with Crippen LogP contribution in [0.1, 0.15) is 12.5 Å². The summed E-state index contributed by atoms with van der Waals surface area (Å²) in [4.78, 5) is 11.6. The molecule has 0 bridgehead atoms. The smallest absolute Gasteiger partial charge is 0.260 e. The fourth-order valence-electron chi connectivity index (χ4n) is 1.78. The van der Waals surface area contributed by atoms with Gasteiger partial charge in [-0.1, -0.05) is 0 Å². The van der Waals surface area contributed by atoms with Crippen LogP contribution >= 0.6 is 0 Å². The first-order valence-electron chi connectivity index (χ1n) is 6.87. The second-order valence-electron chi connectivity index (χ2n) is 4.52.